The molecule has 0 radical (unpaired) electrons. The SMILES string of the molecule is C[C@@](Cc1ccccc1)(NC(=O)OCc1ccccc1)C(=O)N(C(=O)CC[C@@H](N)C(=O)O)C1CNC1=O. The first-order valence-electron chi connectivity index (χ1n) is 11.8. The first kappa shape index (κ1) is 27.3. The van der Waals surface area contributed by atoms with E-state index in [2.05, 4.69) is 10.6 Å². The van der Waals surface area contributed by atoms with Crippen molar-refractivity contribution in [1.29, 1.82) is 0 Å². The van der Waals surface area contributed by atoms with Crippen molar-refractivity contribution in [2.75, 3.05) is 6.54 Å². The molecule has 0 aromatic heterocycles. The molecule has 0 saturated carbocycles. The molecular formula is C26H30N4O7. The summed E-state index contributed by atoms with van der Waals surface area (Å²) < 4.78 is 5.31. The van der Waals surface area contributed by atoms with E-state index in [1.165, 1.54) is 6.92 Å². The minimum absolute atomic E-state index is 0.000130. The lowest BCUT2D eigenvalue weighted by atomic mass is 9.89. The lowest BCUT2D eigenvalue weighted by molar-refractivity contribution is -0.159. The molecule has 3 rings (SSSR count). The maximum atomic E-state index is 13.9. The average Bonchev–Trinajstić information content (AvgIpc) is 2.88. The minimum Gasteiger partial charge on any atom is -0.480 e. The first-order valence-corrected chi connectivity index (χ1v) is 11.8. The molecule has 11 heteroatoms. The zero-order valence-corrected chi connectivity index (χ0v) is 20.4. The number of hydrogen-bond donors (Lipinski definition) is 4. The molecule has 37 heavy (non-hydrogen) atoms. The number of ether oxygens (including phenoxy) is 1. The zero-order valence-electron chi connectivity index (χ0n) is 20.4. The summed E-state index contributed by atoms with van der Waals surface area (Å²) in [6.07, 6.45) is -1.48. The van der Waals surface area contributed by atoms with Gasteiger partial charge in [-0.1, -0.05) is 60.7 Å². The summed E-state index contributed by atoms with van der Waals surface area (Å²) in [6.45, 7) is 1.45. The number of amides is 4. The number of nitrogens with two attached hydrogens (primary N) is 1. The summed E-state index contributed by atoms with van der Waals surface area (Å²) in [6, 6.07) is 15.4. The predicted octanol–water partition coefficient (Wildman–Crippen LogP) is 0.960. The maximum Gasteiger partial charge on any atom is 0.408 e. The summed E-state index contributed by atoms with van der Waals surface area (Å²) in [5.41, 5.74) is 5.28. The Morgan fingerprint density at radius 1 is 1.11 bits per heavy atom. The second-order valence-electron chi connectivity index (χ2n) is 8.99. The van der Waals surface area contributed by atoms with E-state index in [0.717, 1.165) is 10.5 Å². The van der Waals surface area contributed by atoms with Crippen LogP contribution in [0.5, 0.6) is 0 Å². The monoisotopic (exact) mass is 510 g/mol. The molecule has 1 fully saturated rings. The van der Waals surface area contributed by atoms with Crippen molar-refractivity contribution in [3.8, 4) is 0 Å². The van der Waals surface area contributed by atoms with Crippen LogP contribution in [-0.4, -0.2) is 64.0 Å². The molecule has 1 saturated heterocycles. The van der Waals surface area contributed by atoms with Gasteiger partial charge in [0.25, 0.3) is 5.91 Å². The highest BCUT2D eigenvalue weighted by Crippen LogP contribution is 2.22. The molecule has 3 atom stereocenters. The molecular weight excluding hydrogens is 480 g/mol. The van der Waals surface area contributed by atoms with Crippen LogP contribution in [0.15, 0.2) is 60.7 Å². The summed E-state index contributed by atoms with van der Waals surface area (Å²) in [4.78, 5) is 63.9. The largest absolute Gasteiger partial charge is 0.480 e. The fourth-order valence-electron chi connectivity index (χ4n) is 3.86. The van der Waals surface area contributed by atoms with Crippen LogP contribution >= 0.6 is 0 Å². The molecule has 1 aliphatic heterocycles. The second kappa shape index (κ2) is 12.1. The van der Waals surface area contributed by atoms with Crippen molar-refractivity contribution in [2.24, 2.45) is 5.73 Å². The molecule has 11 nitrogen and oxygen atoms in total. The maximum absolute atomic E-state index is 13.9. The van der Waals surface area contributed by atoms with Gasteiger partial charge in [-0.25, -0.2) is 4.79 Å². The van der Waals surface area contributed by atoms with Crippen LogP contribution in [0.25, 0.3) is 0 Å². The Morgan fingerprint density at radius 2 is 1.70 bits per heavy atom. The number of nitrogens with zero attached hydrogens (tertiary/aromatic N) is 1. The molecule has 1 aliphatic rings. The smallest absolute Gasteiger partial charge is 0.408 e. The van der Waals surface area contributed by atoms with Crippen LogP contribution < -0.4 is 16.4 Å². The van der Waals surface area contributed by atoms with E-state index in [-0.39, 0.29) is 32.4 Å². The normalized spacial score (nSPS) is 16.8. The lowest BCUT2D eigenvalue weighted by Crippen LogP contribution is -2.70. The number of alkyl carbamates (subject to hydrolysis) is 1. The quantitative estimate of drug-likeness (QED) is 0.324. The molecule has 5 N–H and O–H groups in total. The van der Waals surface area contributed by atoms with E-state index in [4.69, 9.17) is 15.6 Å². The highest BCUT2D eigenvalue weighted by atomic mass is 16.5. The predicted molar refractivity (Wildman–Crippen MR) is 132 cm³/mol. The fraction of sp³-hybridized carbons (Fsp3) is 0.346. The first-order chi connectivity index (χ1) is 17.6. The van der Waals surface area contributed by atoms with Gasteiger partial charge in [0, 0.05) is 19.4 Å². The van der Waals surface area contributed by atoms with Crippen LogP contribution in [0.4, 0.5) is 4.79 Å². The number of carboxylic acid groups (broad SMARTS) is 1. The topological polar surface area (TPSA) is 168 Å². The van der Waals surface area contributed by atoms with Gasteiger partial charge in [0.15, 0.2) is 0 Å². The van der Waals surface area contributed by atoms with Crippen LogP contribution in [0.1, 0.15) is 30.9 Å². The lowest BCUT2D eigenvalue weighted by Gasteiger charge is -2.40. The van der Waals surface area contributed by atoms with Gasteiger partial charge in [-0.2, -0.15) is 0 Å². The van der Waals surface area contributed by atoms with Crippen molar-refractivity contribution in [2.45, 2.75) is 50.4 Å². The highest BCUT2D eigenvalue weighted by Gasteiger charge is 2.47. The van der Waals surface area contributed by atoms with E-state index in [1.54, 1.807) is 54.6 Å². The van der Waals surface area contributed by atoms with Gasteiger partial charge in [-0.15, -0.1) is 0 Å². The van der Waals surface area contributed by atoms with E-state index in [1.807, 2.05) is 6.07 Å². The molecule has 2 aromatic rings. The Kier molecular flexibility index (Phi) is 8.96. The third kappa shape index (κ3) is 7.14. The van der Waals surface area contributed by atoms with Gasteiger partial charge in [-0.05, 0) is 24.5 Å². The number of imide groups is 1. The Morgan fingerprint density at radius 3 is 2.22 bits per heavy atom. The minimum atomic E-state index is -1.67. The van der Waals surface area contributed by atoms with Gasteiger partial charge in [0.05, 0.1) is 0 Å². The molecule has 0 spiro atoms. The molecule has 4 amide bonds. The third-order valence-corrected chi connectivity index (χ3v) is 6.02. The number of nitrogens with one attached hydrogen (secondary N) is 2. The standard InChI is InChI=1S/C26H30N4O7/c1-26(14-17-8-4-2-5-9-17,29-25(36)37-16-18-10-6-3-7-11-18)24(35)30(20-15-28-22(20)32)21(31)13-12-19(27)23(33)34/h2-11,19-20H,12-16,27H2,1H3,(H,28,32)(H,29,36)(H,33,34)/t19-,20?,26+/m1/s1. The van der Waals surface area contributed by atoms with E-state index < -0.39 is 47.4 Å². The van der Waals surface area contributed by atoms with Crippen molar-refractivity contribution >= 4 is 29.8 Å². The Bertz CT molecular complexity index is 1140. The number of carboxylic acids is 1. The number of rotatable bonds is 11. The molecule has 0 bridgehead atoms. The summed E-state index contributed by atoms with van der Waals surface area (Å²) >= 11 is 0. The molecule has 1 heterocycles. The summed E-state index contributed by atoms with van der Waals surface area (Å²) in [5, 5.41) is 14.1. The van der Waals surface area contributed by atoms with Gasteiger partial charge in [-0.3, -0.25) is 24.1 Å². The Hall–Kier alpha value is -4.25. The van der Waals surface area contributed by atoms with E-state index in [9.17, 15) is 24.0 Å². The third-order valence-electron chi connectivity index (χ3n) is 6.02. The van der Waals surface area contributed by atoms with E-state index >= 15 is 0 Å². The van der Waals surface area contributed by atoms with E-state index in [0.29, 0.717) is 5.56 Å². The summed E-state index contributed by atoms with van der Waals surface area (Å²) in [7, 11) is 0. The highest BCUT2D eigenvalue weighted by molar-refractivity contribution is 6.06. The molecule has 0 aliphatic carbocycles. The second-order valence-corrected chi connectivity index (χ2v) is 8.99. The van der Waals surface area contributed by atoms with Crippen molar-refractivity contribution in [3.63, 3.8) is 0 Å². The number of aliphatic carboxylic acids is 1. The zero-order chi connectivity index (χ0) is 27.0. The van der Waals surface area contributed by atoms with Crippen molar-refractivity contribution in [3.05, 3.63) is 71.8 Å². The van der Waals surface area contributed by atoms with Crippen molar-refractivity contribution in [1.82, 2.24) is 15.5 Å². The summed E-state index contributed by atoms with van der Waals surface area (Å²) in [5.74, 6) is -3.40. The molecule has 1 unspecified atom stereocenters. The van der Waals surface area contributed by atoms with Crippen molar-refractivity contribution < 1.29 is 33.8 Å². The van der Waals surface area contributed by atoms with Gasteiger partial charge in [0.1, 0.15) is 24.2 Å². The van der Waals surface area contributed by atoms with Crippen LogP contribution in [0, 0.1) is 0 Å². The van der Waals surface area contributed by atoms with Crippen LogP contribution in [0.2, 0.25) is 0 Å². The Balaban J connectivity index is 1.84. The number of carbonyl (C=O) groups is 5. The molecule has 2 aromatic carbocycles. The number of benzene rings is 2. The fourth-order valence-corrected chi connectivity index (χ4v) is 3.86. The number of carbonyl (C=O) groups excluding carboxylic acids is 4. The number of hydrogen-bond acceptors (Lipinski definition) is 7. The molecule has 196 valence electrons. The van der Waals surface area contributed by atoms with Crippen LogP contribution in [0.3, 0.4) is 0 Å². The number of β-lactam (4-membered cyclic amide) rings is 1. The van der Waals surface area contributed by atoms with Crippen LogP contribution in [-0.2, 0) is 36.9 Å². The Labute approximate surface area is 214 Å². The average molecular weight is 511 g/mol. The van der Waals surface area contributed by atoms with Gasteiger partial charge >= 0.3 is 12.1 Å². The van der Waals surface area contributed by atoms with Gasteiger partial charge in [0.2, 0.25) is 11.8 Å². The van der Waals surface area contributed by atoms with Gasteiger partial charge < -0.3 is 26.2 Å².